The molecule has 0 spiro atoms. The van der Waals surface area contributed by atoms with Crippen LogP contribution in [0.3, 0.4) is 0 Å². The predicted octanol–water partition coefficient (Wildman–Crippen LogP) is 1.15. The quantitative estimate of drug-likeness (QED) is 0.669. The Bertz CT molecular complexity index is 524. The van der Waals surface area contributed by atoms with E-state index in [0.717, 1.165) is 11.3 Å². The van der Waals surface area contributed by atoms with Crippen LogP contribution in [0.4, 0.5) is 0 Å². The highest BCUT2D eigenvalue weighted by atomic mass is 16.5. The van der Waals surface area contributed by atoms with Gasteiger partial charge in [0.25, 0.3) is 0 Å². The van der Waals surface area contributed by atoms with Crippen molar-refractivity contribution in [2.75, 3.05) is 19.7 Å². The topological polar surface area (TPSA) is 93.5 Å². The summed E-state index contributed by atoms with van der Waals surface area (Å²) in [5.74, 6) is 0.649. The third kappa shape index (κ3) is 6.69. The third-order valence-electron chi connectivity index (χ3n) is 3.24. The maximum atomic E-state index is 11.9. The molecular formula is C17H27N3O3. The number of benzene rings is 1. The molecule has 0 unspecified atom stereocenters. The van der Waals surface area contributed by atoms with Gasteiger partial charge < -0.3 is 21.1 Å². The van der Waals surface area contributed by atoms with Crippen LogP contribution in [0.5, 0.6) is 5.75 Å². The maximum absolute atomic E-state index is 11.9. The van der Waals surface area contributed by atoms with Gasteiger partial charge in [-0.2, -0.15) is 0 Å². The minimum atomic E-state index is -0.554. The molecule has 0 radical (unpaired) electrons. The molecule has 0 aliphatic heterocycles. The summed E-state index contributed by atoms with van der Waals surface area (Å²) in [7, 11) is 0. The van der Waals surface area contributed by atoms with Gasteiger partial charge in [-0.3, -0.25) is 9.59 Å². The average Bonchev–Trinajstić information content (AvgIpc) is 2.50. The Balaban J connectivity index is 2.61. The van der Waals surface area contributed by atoms with Gasteiger partial charge >= 0.3 is 0 Å². The molecule has 0 bridgehead atoms. The second-order valence-electron chi connectivity index (χ2n) is 6.38. The van der Waals surface area contributed by atoms with E-state index in [0.29, 0.717) is 12.5 Å². The van der Waals surface area contributed by atoms with Crippen molar-refractivity contribution in [1.82, 2.24) is 10.6 Å². The zero-order valence-corrected chi connectivity index (χ0v) is 14.3. The van der Waals surface area contributed by atoms with Gasteiger partial charge in [0.2, 0.25) is 11.8 Å². The summed E-state index contributed by atoms with van der Waals surface area (Å²) < 4.78 is 5.65. The first-order valence-corrected chi connectivity index (χ1v) is 7.75. The Morgan fingerprint density at radius 2 is 1.78 bits per heavy atom. The van der Waals surface area contributed by atoms with Crippen LogP contribution in [-0.2, 0) is 15.1 Å². The molecule has 0 saturated carbocycles. The fourth-order valence-electron chi connectivity index (χ4n) is 1.95. The molecule has 1 rings (SSSR count). The molecule has 6 nitrogen and oxygen atoms in total. The molecular weight excluding hydrogens is 294 g/mol. The van der Waals surface area contributed by atoms with Crippen LogP contribution >= 0.6 is 0 Å². The van der Waals surface area contributed by atoms with Gasteiger partial charge in [-0.1, -0.05) is 26.0 Å². The molecule has 4 N–H and O–H groups in total. The van der Waals surface area contributed by atoms with Crippen LogP contribution in [0.15, 0.2) is 24.3 Å². The summed E-state index contributed by atoms with van der Waals surface area (Å²) in [5, 5.41) is 5.33. The van der Waals surface area contributed by atoms with Crippen molar-refractivity contribution in [3.63, 3.8) is 0 Å². The highest BCUT2D eigenvalue weighted by Gasteiger charge is 2.22. The number of amides is 2. The highest BCUT2D eigenvalue weighted by molar-refractivity contribution is 5.85. The summed E-state index contributed by atoms with van der Waals surface area (Å²) in [6, 6.07) is 7.63. The van der Waals surface area contributed by atoms with Crippen LogP contribution in [0.2, 0.25) is 0 Å². The standard InChI is InChI=1S/C17H27N3O3/c1-12(2)11-23-14-7-5-13(6-8-14)17(3,4)20-16(22)10-19-15(21)9-18/h5-8,12H,9-11,18H2,1-4H3,(H,19,21)(H,20,22). The van der Waals surface area contributed by atoms with E-state index in [1.165, 1.54) is 0 Å². The van der Waals surface area contributed by atoms with Crippen LogP contribution in [-0.4, -0.2) is 31.5 Å². The summed E-state index contributed by atoms with van der Waals surface area (Å²) in [5.41, 5.74) is 5.58. The summed E-state index contributed by atoms with van der Waals surface area (Å²) in [6.45, 7) is 8.44. The summed E-state index contributed by atoms with van der Waals surface area (Å²) in [4.78, 5) is 23.0. The van der Waals surface area contributed by atoms with Crippen molar-refractivity contribution in [2.45, 2.75) is 33.2 Å². The monoisotopic (exact) mass is 321 g/mol. The molecule has 0 heterocycles. The lowest BCUT2D eigenvalue weighted by Crippen LogP contribution is -2.46. The lowest BCUT2D eigenvalue weighted by molar-refractivity contribution is -0.126. The number of hydrogen-bond acceptors (Lipinski definition) is 4. The average molecular weight is 321 g/mol. The second kappa shape index (κ2) is 8.53. The van der Waals surface area contributed by atoms with E-state index in [4.69, 9.17) is 10.5 Å². The summed E-state index contributed by atoms with van der Waals surface area (Å²) in [6.07, 6.45) is 0. The van der Waals surface area contributed by atoms with Crippen molar-refractivity contribution in [3.05, 3.63) is 29.8 Å². The Morgan fingerprint density at radius 1 is 1.17 bits per heavy atom. The zero-order chi connectivity index (χ0) is 17.5. The van der Waals surface area contributed by atoms with Crippen LogP contribution in [0.25, 0.3) is 0 Å². The normalized spacial score (nSPS) is 11.2. The van der Waals surface area contributed by atoms with Gasteiger partial charge in [0.1, 0.15) is 5.75 Å². The smallest absolute Gasteiger partial charge is 0.240 e. The van der Waals surface area contributed by atoms with Gasteiger partial charge in [0, 0.05) is 0 Å². The minimum Gasteiger partial charge on any atom is -0.493 e. The van der Waals surface area contributed by atoms with E-state index >= 15 is 0 Å². The van der Waals surface area contributed by atoms with Crippen molar-refractivity contribution in [2.24, 2.45) is 11.7 Å². The van der Waals surface area contributed by atoms with Crippen molar-refractivity contribution in [3.8, 4) is 5.75 Å². The van der Waals surface area contributed by atoms with Crippen molar-refractivity contribution in [1.29, 1.82) is 0 Å². The van der Waals surface area contributed by atoms with E-state index in [2.05, 4.69) is 24.5 Å². The lowest BCUT2D eigenvalue weighted by atomic mass is 9.94. The fraction of sp³-hybridized carbons (Fsp3) is 0.529. The van der Waals surface area contributed by atoms with E-state index in [-0.39, 0.29) is 24.9 Å². The molecule has 0 aromatic heterocycles. The number of ether oxygens (including phenoxy) is 1. The highest BCUT2D eigenvalue weighted by Crippen LogP contribution is 2.23. The predicted molar refractivity (Wildman–Crippen MR) is 90.0 cm³/mol. The largest absolute Gasteiger partial charge is 0.493 e. The van der Waals surface area contributed by atoms with Crippen LogP contribution in [0, 0.1) is 5.92 Å². The molecule has 0 atom stereocenters. The van der Waals surface area contributed by atoms with E-state index in [1.54, 1.807) is 0 Å². The molecule has 1 aromatic rings. The lowest BCUT2D eigenvalue weighted by Gasteiger charge is -2.27. The minimum absolute atomic E-state index is 0.0882. The van der Waals surface area contributed by atoms with Gasteiger partial charge in [-0.25, -0.2) is 0 Å². The van der Waals surface area contributed by atoms with E-state index in [1.807, 2.05) is 38.1 Å². The molecule has 0 aliphatic carbocycles. The SMILES string of the molecule is CC(C)COc1ccc(C(C)(C)NC(=O)CNC(=O)CN)cc1. The summed E-state index contributed by atoms with van der Waals surface area (Å²) >= 11 is 0. The fourth-order valence-corrected chi connectivity index (χ4v) is 1.95. The van der Waals surface area contributed by atoms with Gasteiger partial charge in [-0.05, 0) is 37.5 Å². The first-order valence-electron chi connectivity index (χ1n) is 7.75. The number of carbonyl (C=O) groups excluding carboxylic acids is 2. The molecule has 0 saturated heterocycles. The first-order chi connectivity index (χ1) is 10.7. The number of rotatable bonds is 8. The zero-order valence-electron chi connectivity index (χ0n) is 14.3. The van der Waals surface area contributed by atoms with Gasteiger partial charge in [-0.15, -0.1) is 0 Å². The number of nitrogens with two attached hydrogens (primary N) is 1. The molecule has 128 valence electrons. The van der Waals surface area contributed by atoms with Crippen LogP contribution in [0.1, 0.15) is 33.3 Å². The maximum Gasteiger partial charge on any atom is 0.240 e. The number of nitrogens with one attached hydrogen (secondary N) is 2. The van der Waals surface area contributed by atoms with Gasteiger partial charge in [0.05, 0.1) is 25.2 Å². The molecule has 0 aliphatic rings. The molecule has 1 aromatic carbocycles. The first kappa shape index (κ1) is 19.0. The number of carbonyl (C=O) groups is 2. The third-order valence-corrected chi connectivity index (χ3v) is 3.24. The molecule has 2 amide bonds. The molecule has 6 heteroatoms. The van der Waals surface area contributed by atoms with E-state index < -0.39 is 5.54 Å². The Labute approximate surface area is 137 Å². The Kier molecular flexibility index (Phi) is 7.03. The van der Waals surface area contributed by atoms with Crippen molar-refractivity contribution < 1.29 is 14.3 Å². The number of hydrogen-bond donors (Lipinski definition) is 3. The van der Waals surface area contributed by atoms with Gasteiger partial charge in [0.15, 0.2) is 0 Å². The Hall–Kier alpha value is -2.08. The Morgan fingerprint density at radius 3 is 2.30 bits per heavy atom. The molecule has 23 heavy (non-hydrogen) atoms. The van der Waals surface area contributed by atoms with Crippen molar-refractivity contribution >= 4 is 11.8 Å². The molecule has 0 fully saturated rings. The van der Waals surface area contributed by atoms with Crippen LogP contribution < -0.4 is 21.1 Å². The van der Waals surface area contributed by atoms with E-state index in [9.17, 15) is 9.59 Å². The second-order valence-corrected chi connectivity index (χ2v) is 6.38.